The summed E-state index contributed by atoms with van der Waals surface area (Å²) in [6, 6.07) is 10.6. The van der Waals surface area contributed by atoms with Crippen molar-refractivity contribution in [3.05, 3.63) is 47.2 Å². The molecular formula is C17H18ClNO4. The summed E-state index contributed by atoms with van der Waals surface area (Å²) in [6.07, 6.45) is 1.12. The van der Waals surface area contributed by atoms with Gasteiger partial charge in [0.05, 0.1) is 18.2 Å². The molecule has 2 N–H and O–H groups in total. The lowest BCUT2D eigenvalue weighted by Gasteiger charge is -2.37. The minimum Gasteiger partial charge on any atom is -0.451 e. The zero-order valence-corrected chi connectivity index (χ0v) is 13.3. The maximum atomic E-state index is 12.5. The fraction of sp³-hybridized carbons (Fsp3) is 0.353. The highest BCUT2D eigenvalue weighted by Gasteiger charge is 2.35. The fourth-order valence-corrected chi connectivity index (χ4v) is 3.06. The third-order valence-electron chi connectivity index (χ3n) is 4.09. The molecule has 1 aliphatic rings. The van der Waals surface area contributed by atoms with E-state index in [1.54, 1.807) is 18.2 Å². The lowest BCUT2D eigenvalue weighted by Crippen LogP contribution is -2.52. The van der Waals surface area contributed by atoms with Crippen LogP contribution < -0.4 is 0 Å². The molecule has 5 nitrogen and oxygen atoms in total. The van der Waals surface area contributed by atoms with Crippen LogP contribution in [0.3, 0.4) is 0 Å². The molecule has 2 heterocycles. The third-order valence-corrected chi connectivity index (χ3v) is 4.42. The van der Waals surface area contributed by atoms with Gasteiger partial charge >= 0.3 is 0 Å². The van der Waals surface area contributed by atoms with E-state index in [0.717, 1.165) is 5.56 Å². The van der Waals surface area contributed by atoms with Crippen LogP contribution in [-0.2, 0) is 0 Å². The van der Waals surface area contributed by atoms with Crippen molar-refractivity contribution in [3.8, 4) is 11.3 Å². The van der Waals surface area contributed by atoms with E-state index in [0.29, 0.717) is 30.2 Å². The summed E-state index contributed by atoms with van der Waals surface area (Å²) in [5.41, 5.74) is -0.509. The predicted molar refractivity (Wildman–Crippen MR) is 86.3 cm³/mol. The van der Waals surface area contributed by atoms with Gasteiger partial charge in [-0.1, -0.05) is 23.7 Å². The van der Waals surface area contributed by atoms with E-state index < -0.39 is 5.60 Å². The number of likely N-dealkylation sites (tertiary alicyclic amines) is 1. The lowest BCUT2D eigenvalue weighted by atomic mass is 9.93. The number of aliphatic hydroxyl groups excluding tert-OH is 1. The monoisotopic (exact) mass is 335 g/mol. The first-order valence-corrected chi connectivity index (χ1v) is 7.87. The van der Waals surface area contributed by atoms with Crippen molar-refractivity contribution in [2.24, 2.45) is 0 Å². The first-order chi connectivity index (χ1) is 11.0. The maximum Gasteiger partial charge on any atom is 0.289 e. The van der Waals surface area contributed by atoms with Crippen LogP contribution in [0.2, 0.25) is 5.02 Å². The van der Waals surface area contributed by atoms with Gasteiger partial charge in [0.25, 0.3) is 5.91 Å². The molecule has 0 aliphatic carbocycles. The van der Waals surface area contributed by atoms with Gasteiger partial charge in [-0.15, -0.1) is 0 Å². The Kier molecular flexibility index (Phi) is 4.43. The number of carbonyl (C=O) groups is 1. The summed E-state index contributed by atoms with van der Waals surface area (Å²) in [5.74, 6) is 0.422. The van der Waals surface area contributed by atoms with Crippen LogP contribution >= 0.6 is 11.6 Å². The molecule has 0 radical (unpaired) electrons. The fourth-order valence-electron chi connectivity index (χ4n) is 2.83. The Morgan fingerprint density at radius 1 is 1.30 bits per heavy atom. The van der Waals surface area contributed by atoms with Crippen molar-refractivity contribution >= 4 is 17.5 Å². The molecule has 0 unspecified atom stereocenters. The average molecular weight is 336 g/mol. The summed E-state index contributed by atoms with van der Waals surface area (Å²) in [7, 11) is 0. The van der Waals surface area contributed by atoms with Gasteiger partial charge in [0, 0.05) is 12.1 Å². The van der Waals surface area contributed by atoms with Gasteiger partial charge in [-0.25, -0.2) is 0 Å². The Morgan fingerprint density at radius 2 is 2.09 bits per heavy atom. The number of piperidine rings is 1. The van der Waals surface area contributed by atoms with Gasteiger partial charge in [0.2, 0.25) is 0 Å². The van der Waals surface area contributed by atoms with Crippen molar-refractivity contribution in [1.29, 1.82) is 0 Å². The number of carbonyl (C=O) groups excluding carboxylic acids is 1. The number of β-amino-alcohol motifs (C(OH)–C–C–N with tert-alkyl or cyclic N) is 1. The highest BCUT2D eigenvalue weighted by Crippen LogP contribution is 2.30. The van der Waals surface area contributed by atoms with Crippen LogP contribution in [0, 0.1) is 0 Å². The highest BCUT2D eigenvalue weighted by molar-refractivity contribution is 6.33. The van der Waals surface area contributed by atoms with E-state index in [1.807, 2.05) is 18.2 Å². The molecule has 1 atom stereocenters. The summed E-state index contributed by atoms with van der Waals surface area (Å²) in [6.45, 7) is 0.271. The largest absolute Gasteiger partial charge is 0.451 e. The van der Waals surface area contributed by atoms with Crippen molar-refractivity contribution < 1.29 is 19.4 Å². The molecule has 0 saturated carbocycles. The molecule has 1 aromatic heterocycles. The average Bonchev–Trinajstić information content (AvgIpc) is 3.04. The number of hydrogen-bond acceptors (Lipinski definition) is 4. The van der Waals surface area contributed by atoms with Crippen LogP contribution in [-0.4, -0.2) is 46.3 Å². The Balaban J connectivity index is 1.80. The molecular weight excluding hydrogens is 318 g/mol. The number of rotatable bonds is 3. The predicted octanol–water partition coefficient (Wildman–Crippen LogP) is 2.56. The summed E-state index contributed by atoms with van der Waals surface area (Å²) < 4.78 is 5.65. The molecule has 3 rings (SSSR count). The standard InChI is InChI=1S/C17H18ClNO4/c18-13-5-2-1-4-12(13)14-6-7-15(23-14)16(21)19-9-3-8-17(22,10-19)11-20/h1-2,4-7,20,22H,3,8-11H2/t17-/m1/s1. The van der Waals surface area contributed by atoms with Crippen LogP contribution in [0.4, 0.5) is 0 Å². The molecule has 23 heavy (non-hydrogen) atoms. The minimum atomic E-state index is -1.23. The van der Waals surface area contributed by atoms with E-state index in [4.69, 9.17) is 16.0 Å². The smallest absolute Gasteiger partial charge is 0.289 e. The number of nitrogens with zero attached hydrogens (tertiary/aromatic N) is 1. The molecule has 6 heteroatoms. The Hall–Kier alpha value is -1.82. The molecule has 1 amide bonds. The number of hydrogen-bond donors (Lipinski definition) is 2. The minimum absolute atomic E-state index is 0.102. The summed E-state index contributed by atoms with van der Waals surface area (Å²) >= 11 is 6.14. The molecule has 0 spiro atoms. The zero-order chi connectivity index (χ0) is 16.4. The Morgan fingerprint density at radius 3 is 2.83 bits per heavy atom. The van der Waals surface area contributed by atoms with Crippen molar-refractivity contribution in [2.45, 2.75) is 18.4 Å². The van der Waals surface area contributed by atoms with Gasteiger partial charge < -0.3 is 19.5 Å². The number of benzene rings is 1. The van der Waals surface area contributed by atoms with Gasteiger partial charge in [-0.3, -0.25) is 4.79 Å². The topological polar surface area (TPSA) is 73.9 Å². The maximum absolute atomic E-state index is 12.5. The van der Waals surface area contributed by atoms with E-state index in [2.05, 4.69) is 0 Å². The lowest BCUT2D eigenvalue weighted by molar-refractivity contribution is -0.0602. The van der Waals surface area contributed by atoms with Crippen molar-refractivity contribution in [3.63, 3.8) is 0 Å². The second-order valence-electron chi connectivity index (χ2n) is 5.86. The second-order valence-corrected chi connectivity index (χ2v) is 6.26. The first-order valence-electron chi connectivity index (χ1n) is 7.50. The number of amides is 1. The molecule has 2 aromatic rings. The van der Waals surface area contributed by atoms with E-state index >= 15 is 0 Å². The first kappa shape index (κ1) is 16.1. The van der Waals surface area contributed by atoms with Crippen LogP contribution in [0.25, 0.3) is 11.3 Å². The van der Waals surface area contributed by atoms with Crippen LogP contribution in [0.15, 0.2) is 40.8 Å². The zero-order valence-electron chi connectivity index (χ0n) is 12.5. The Bertz CT molecular complexity index is 714. The van der Waals surface area contributed by atoms with Crippen molar-refractivity contribution in [1.82, 2.24) is 4.90 Å². The molecule has 1 aliphatic heterocycles. The van der Waals surface area contributed by atoms with Crippen LogP contribution in [0.5, 0.6) is 0 Å². The highest BCUT2D eigenvalue weighted by atomic mass is 35.5. The molecule has 1 saturated heterocycles. The second kappa shape index (κ2) is 6.35. The third kappa shape index (κ3) is 3.27. The molecule has 0 bridgehead atoms. The van der Waals surface area contributed by atoms with E-state index in [9.17, 15) is 15.0 Å². The van der Waals surface area contributed by atoms with E-state index in [1.165, 1.54) is 4.90 Å². The SMILES string of the molecule is O=C(c1ccc(-c2ccccc2Cl)o1)N1CCC[C@](O)(CO)C1. The van der Waals surface area contributed by atoms with Gasteiger partial charge in [0.1, 0.15) is 11.4 Å². The molecule has 122 valence electrons. The van der Waals surface area contributed by atoms with E-state index in [-0.39, 0.29) is 24.8 Å². The number of furan rings is 1. The summed E-state index contributed by atoms with van der Waals surface area (Å²) in [4.78, 5) is 14.0. The summed E-state index contributed by atoms with van der Waals surface area (Å²) in [5, 5.41) is 20.0. The van der Waals surface area contributed by atoms with Crippen molar-refractivity contribution in [2.75, 3.05) is 19.7 Å². The van der Waals surface area contributed by atoms with Gasteiger partial charge in [-0.05, 0) is 37.1 Å². The van der Waals surface area contributed by atoms with Gasteiger partial charge in [0.15, 0.2) is 5.76 Å². The number of halogens is 1. The molecule has 1 aromatic carbocycles. The molecule has 1 fully saturated rings. The normalized spacial score (nSPS) is 21.4. The van der Waals surface area contributed by atoms with Gasteiger partial charge in [-0.2, -0.15) is 0 Å². The Labute approximate surface area is 139 Å². The quantitative estimate of drug-likeness (QED) is 0.904. The van der Waals surface area contributed by atoms with Crippen LogP contribution in [0.1, 0.15) is 23.4 Å². The number of aliphatic hydroxyl groups is 2.